The third-order valence-corrected chi connectivity index (χ3v) is 5.65. The molecule has 1 unspecified atom stereocenters. The Labute approximate surface area is 143 Å². The van der Waals surface area contributed by atoms with Gasteiger partial charge < -0.3 is 9.64 Å². The lowest BCUT2D eigenvalue weighted by Crippen LogP contribution is -2.41. The van der Waals surface area contributed by atoms with Crippen LogP contribution in [0.25, 0.3) is 0 Å². The number of benzene rings is 2. The molecule has 0 aliphatic carbocycles. The summed E-state index contributed by atoms with van der Waals surface area (Å²) >= 11 is 0. The first-order valence-corrected chi connectivity index (χ1v) is 9.49. The minimum absolute atomic E-state index is 0.206. The van der Waals surface area contributed by atoms with Crippen LogP contribution in [0.2, 0.25) is 0 Å². The van der Waals surface area contributed by atoms with Crippen LogP contribution >= 0.6 is 0 Å². The second-order valence-electron chi connectivity index (χ2n) is 6.05. The first-order valence-electron chi connectivity index (χ1n) is 8.01. The van der Waals surface area contributed by atoms with Gasteiger partial charge in [-0.25, -0.2) is 8.42 Å². The minimum atomic E-state index is -3.57. The summed E-state index contributed by atoms with van der Waals surface area (Å²) < 4.78 is 33.2. The lowest BCUT2D eigenvalue weighted by Gasteiger charge is -2.33. The highest BCUT2D eigenvalue weighted by molar-refractivity contribution is 7.92. The topological polar surface area (TPSA) is 58.6 Å². The molecule has 0 amide bonds. The molecule has 2 aromatic rings. The summed E-state index contributed by atoms with van der Waals surface area (Å²) in [5.74, 6) is 0. The van der Waals surface area contributed by atoms with Crippen molar-refractivity contribution in [2.75, 3.05) is 29.3 Å². The Morgan fingerprint density at radius 3 is 2.50 bits per heavy atom. The number of anilines is 2. The maximum atomic E-state index is 12.5. The highest BCUT2D eigenvalue weighted by atomic mass is 32.2. The molecule has 0 radical (unpaired) electrons. The van der Waals surface area contributed by atoms with E-state index in [1.54, 1.807) is 37.3 Å². The van der Waals surface area contributed by atoms with Crippen molar-refractivity contribution >= 4 is 21.4 Å². The lowest BCUT2D eigenvalue weighted by molar-refractivity contribution is 0.0532. The number of aryl methyl sites for hydroxylation is 1. The molecule has 6 heteroatoms. The molecule has 1 fully saturated rings. The number of nitrogens with one attached hydrogen (secondary N) is 1. The maximum absolute atomic E-state index is 12.5. The summed E-state index contributed by atoms with van der Waals surface area (Å²) in [6, 6.07) is 14.4. The Morgan fingerprint density at radius 1 is 1.12 bits per heavy atom. The molecule has 1 atom stereocenters. The van der Waals surface area contributed by atoms with Gasteiger partial charge in [-0.3, -0.25) is 4.72 Å². The Hall–Kier alpha value is -2.05. The van der Waals surface area contributed by atoms with E-state index in [1.165, 1.54) is 0 Å². The molecule has 128 valence electrons. The smallest absolute Gasteiger partial charge is 0.262 e. The van der Waals surface area contributed by atoms with Crippen LogP contribution in [-0.2, 0) is 14.8 Å². The molecular weight excluding hydrogens is 324 g/mol. The van der Waals surface area contributed by atoms with Gasteiger partial charge in [0.2, 0.25) is 0 Å². The van der Waals surface area contributed by atoms with Gasteiger partial charge in [-0.15, -0.1) is 0 Å². The number of hydrogen-bond acceptors (Lipinski definition) is 4. The van der Waals surface area contributed by atoms with Crippen LogP contribution in [0, 0.1) is 6.92 Å². The number of morpholine rings is 1. The highest BCUT2D eigenvalue weighted by Crippen LogP contribution is 2.23. The fourth-order valence-electron chi connectivity index (χ4n) is 2.86. The standard InChI is InChI=1S/C18H22N2O3S/c1-14-5-3-4-6-18(14)24(21,22)19-16-7-9-17(10-8-16)20-11-12-23-15(2)13-20/h3-10,15,19H,11-13H2,1-2H3. The summed E-state index contributed by atoms with van der Waals surface area (Å²) in [4.78, 5) is 2.55. The van der Waals surface area contributed by atoms with Gasteiger partial charge in [-0.1, -0.05) is 18.2 Å². The molecule has 0 aromatic heterocycles. The molecule has 1 heterocycles. The van der Waals surface area contributed by atoms with Crippen molar-refractivity contribution in [2.24, 2.45) is 0 Å². The fourth-order valence-corrected chi connectivity index (χ4v) is 4.17. The van der Waals surface area contributed by atoms with E-state index in [4.69, 9.17) is 4.74 Å². The second kappa shape index (κ2) is 6.83. The average molecular weight is 346 g/mol. The van der Waals surface area contributed by atoms with E-state index in [-0.39, 0.29) is 6.10 Å². The second-order valence-corrected chi connectivity index (χ2v) is 7.70. The van der Waals surface area contributed by atoms with Crippen LogP contribution in [0.4, 0.5) is 11.4 Å². The summed E-state index contributed by atoms with van der Waals surface area (Å²) in [5.41, 5.74) is 2.36. The van der Waals surface area contributed by atoms with Crippen LogP contribution in [0.1, 0.15) is 12.5 Å². The van der Waals surface area contributed by atoms with E-state index in [2.05, 4.69) is 16.5 Å². The number of ether oxygens (including phenoxy) is 1. The average Bonchev–Trinajstić information content (AvgIpc) is 2.55. The minimum Gasteiger partial charge on any atom is -0.375 e. The van der Waals surface area contributed by atoms with Crippen molar-refractivity contribution in [3.05, 3.63) is 54.1 Å². The molecule has 5 nitrogen and oxygen atoms in total. The van der Waals surface area contributed by atoms with Gasteiger partial charge in [0.1, 0.15) is 0 Å². The van der Waals surface area contributed by atoms with Gasteiger partial charge in [-0.2, -0.15) is 0 Å². The van der Waals surface area contributed by atoms with Crippen molar-refractivity contribution < 1.29 is 13.2 Å². The van der Waals surface area contributed by atoms with Crippen molar-refractivity contribution in [3.63, 3.8) is 0 Å². The zero-order valence-corrected chi connectivity index (χ0v) is 14.7. The van der Waals surface area contributed by atoms with E-state index in [0.717, 1.165) is 24.3 Å². The molecule has 2 aromatic carbocycles. The Bertz CT molecular complexity index is 803. The maximum Gasteiger partial charge on any atom is 0.262 e. The van der Waals surface area contributed by atoms with Crippen LogP contribution in [0.15, 0.2) is 53.4 Å². The van der Waals surface area contributed by atoms with E-state index < -0.39 is 10.0 Å². The van der Waals surface area contributed by atoms with Crippen molar-refractivity contribution in [3.8, 4) is 0 Å². The van der Waals surface area contributed by atoms with Gasteiger partial charge >= 0.3 is 0 Å². The molecule has 3 rings (SSSR count). The molecule has 1 aliphatic heterocycles. The molecule has 24 heavy (non-hydrogen) atoms. The number of nitrogens with zero attached hydrogens (tertiary/aromatic N) is 1. The van der Waals surface area contributed by atoms with E-state index >= 15 is 0 Å². The van der Waals surface area contributed by atoms with Crippen molar-refractivity contribution in [1.82, 2.24) is 0 Å². The molecule has 0 bridgehead atoms. The first-order chi connectivity index (χ1) is 11.5. The third kappa shape index (κ3) is 3.71. The fraction of sp³-hybridized carbons (Fsp3) is 0.333. The zero-order chi connectivity index (χ0) is 17.2. The predicted octanol–water partition coefficient (Wildman–Crippen LogP) is 3.02. The van der Waals surface area contributed by atoms with Crippen molar-refractivity contribution in [1.29, 1.82) is 0 Å². The summed E-state index contributed by atoms with van der Waals surface area (Å²) in [6.07, 6.45) is 0.206. The monoisotopic (exact) mass is 346 g/mol. The van der Waals surface area contributed by atoms with Gasteiger partial charge in [0.15, 0.2) is 0 Å². The Morgan fingerprint density at radius 2 is 1.83 bits per heavy atom. The summed E-state index contributed by atoms with van der Waals surface area (Å²) in [7, 11) is -3.57. The molecule has 1 N–H and O–H groups in total. The van der Waals surface area contributed by atoms with Crippen LogP contribution in [0.3, 0.4) is 0 Å². The van der Waals surface area contributed by atoms with Gasteiger partial charge in [0.25, 0.3) is 10.0 Å². The normalized spacial score (nSPS) is 18.4. The molecule has 0 saturated carbocycles. The van der Waals surface area contributed by atoms with Crippen LogP contribution in [0.5, 0.6) is 0 Å². The Balaban J connectivity index is 1.75. The number of sulfonamides is 1. The summed E-state index contributed by atoms with van der Waals surface area (Å²) in [6.45, 7) is 6.24. The SMILES string of the molecule is Cc1ccccc1S(=O)(=O)Nc1ccc(N2CCOC(C)C2)cc1. The molecule has 1 saturated heterocycles. The quantitative estimate of drug-likeness (QED) is 0.924. The molecule has 0 spiro atoms. The molecular formula is C18H22N2O3S. The van der Waals surface area contributed by atoms with E-state index in [0.29, 0.717) is 17.2 Å². The first kappa shape index (κ1) is 16.8. The largest absolute Gasteiger partial charge is 0.375 e. The molecule has 1 aliphatic rings. The highest BCUT2D eigenvalue weighted by Gasteiger charge is 2.18. The predicted molar refractivity (Wildman–Crippen MR) is 96.1 cm³/mol. The number of hydrogen-bond donors (Lipinski definition) is 1. The number of rotatable bonds is 4. The zero-order valence-electron chi connectivity index (χ0n) is 13.9. The van der Waals surface area contributed by atoms with Gasteiger partial charge in [0.05, 0.1) is 17.6 Å². The van der Waals surface area contributed by atoms with Crippen LogP contribution < -0.4 is 9.62 Å². The van der Waals surface area contributed by atoms with Crippen LogP contribution in [-0.4, -0.2) is 34.2 Å². The third-order valence-electron chi connectivity index (χ3n) is 4.11. The van der Waals surface area contributed by atoms with E-state index in [1.807, 2.05) is 18.2 Å². The van der Waals surface area contributed by atoms with Gasteiger partial charge in [-0.05, 0) is 49.7 Å². The van der Waals surface area contributed by atoms with Gasteiger partial charge in [0, 0.05) is 24.5 Å². The van der Waals surface area contributed by atoms with E-state index in [9.17, 15) is 8.42 Å². The lowest BCUT2D eigenvalue weighted by atomic mass is 10.2. The Kier molecular flexibility index (Phi) is 4.78. The van der Waals surface area contributed by atoms with Crippen molar-refractivity contribution in [2.45, 2.75) is 24.8 Å². The summed E-state index contributed by atoms with van der Waals surface area (Å²) in [5, 5.41) is 0.